The highest BCUT2D eigenvalue weighted by Gasteiger charge is 2.19. The van der Waals surface area contributed by atoms with E-state index in [0.717, 1.165) is 103 Å². The minimum Gasteiger partial charge on any atom is -0.462 e. The lowest BCUT2D eigenvalue weighted by atomic mass is 10.0. The molecular formula is C74H132O6. The fourth-order valence-electron chi connectivity index (χ4n) is 10.2. The van der Waals surface area contributed by atoms with Gasteiger partial charge >= 0.3 is 17.9 Å². The average Bonchev–Trinajstić information content (AvgIpc) is 3.46. The van der Waals surface area contributed by atoms with Crippen LogP contribution in [0.1, 0.15) is 361 Å². The Labute approximate surface area is 497 Å². The highest BCUT2D eigenvalue weighted by atomic mass is 16.6. The summed E-state index contributed by atoms with van der Waals surface area (Å²) in [5.41, 5.74) is 0. The van der Waals surface area contributed by atoms with Crippen LogP contribution in [0.3, 0.4) is 0 Å². The molecule has 0 aromatic carbocycles. The van der Waals surface area contributed by atoms with Crippen molar-refractivity contribution < 1.29 is 28.6 Å². The van der Waals surface area contributed by atoms with Crippen molar-refractivity contribution in [2.75, 3.05) is 13.2 Å². The highest BCUT2D eigenvalue weighted by Crippen LogP contribution is 2.18. The van der Waals surface area contributed by atoms with Crippen molar-refractivity contribution in [1.82, 2.24) is 0 Å². The van der Waals surface area contributed by atoms with Gasteiger partial charge < -0.3 is 14.2 Å². The summed E-state index contributed by atoms with van der Waals surface area (Å²) in [6.07, 6.45) is 89.4. The summed E-state index contributed by atoms with van der Waals surface area (Å²) in [7, 11) is 0. The molecule has 0 rings (SSSR count). The Morgan fingerprint density at radius 1 is 0.263 bits per heavy atom. The molecule has 0 bridgehead atoms. The van der Waals surface area contributed by atoms with Crippen LogP contribution in [0.25, 0.3) is 0 Å². The van der Waals surface area contributed by atoms with Crippen LogP contribution in [0.15, 0.2) is 72.9 Å². The maximum Gasteiger partial charge on any atom is 0.306 e. The molecule has 0 fully saturated rings. The van der Waals surface area contributed by atoms with Crippen LogP contribution in [0, 0.1) is 0 Å². The van der Waals surface area contributed by atoms with Crippen molar-refractivity contribution in [1.29, 1.82) is 0 Å². The Morgan fingerprint density at radius 2 is 0.487 bits per heavy atom. The average molecular weight is 1120 g/mol. The van der Waals surface area contributed by atoms with Crippen molar-refractivity contribution in [3.05, 3.63) is 72.9 Å². The van der Waals surface area contributed by atoms with Gasteiger partial charge in [-0.3, -0.25) is 14.4 Å². The second-order valence-electron chi connectivity index (χ2n) is 23.4. The second-order valence-corrected chi connectivity index (χ2v) is 23.4. The third kappa shape index (κ3) is 65.7. The zero-order valence-electron chi connectivity index (χ0n) is 53.3. The Hall–Kier alpha value is -3.15. The quantitative estimate of drug-likeness (QED) is 0.0261. The monoisotopic (exact) mass is 1120 g/mol. The number of hydrogen-bond acceptors (Lipinski definition) is 6. The first kappa shape index (κ1) is 76.9. The van der Waals surface area contributed by atoms with Gasteiger partial charge in [-0.2, -0.15) is 0 Å². The molecule has 0 saturated carbocycles. The van der Waals surface area contributed by atoms with E-state index in [-0.39, 0.29) is 31.1 Å². The summed E-state index contributed by atoms with van der Waals surface area (Å²) in [4.78, 5) is 38.4. The van der Waals surface area contributed by atoms with Gasteiger partial charge in [0.1, 0.15) is 13.2 Å². The third-order valence-corrected chi connectivity index (χ3v) is 15.4. The van der Waals surface area contributed by atoms with Crippen LogP contribution in [-0.4, -0.2) is 37.2 Å². The van der Waals surface area contributed by atoms with Gasteiger partial charge in [0.15, 0.2) is 6.10 Å². The normalized spacial score (nSPS) is 12.5. The van der Waals surface area contributed by atoms with Gasteiger partial charge in [0.25, 0.3) is 0 Å². The number of hydrogen-bond donors (Lipinski definition) is 0. The Balaban J connectivity index is 4.26. The van der Waals surface area contributed by atoms with Crippen molar-refractivity contribution in [3.63, 3.8) is 0 Å². The van der Waals surface area contributed by atoms with E-state index in [4.69, 9.17) is 14.2 Å². The molecule has 0 aromatic heterocycles. The molecule has 6 heteroatoms. The largest absolute Gasteiger partial charge is 0.462 e. The Kier molecular flexibility index (Phi) is 65.7. The first-order valence-corrected chi connectivity index (χ1v) is 34.9. The van der Waals surface area contributed by atoms with E-state index in [1.54, 1.807) is 0 Å². The van der Waals surface area contributed by atoms with Crippen LogP contribution in [0.4, 0.5) is 0 Å². The molecule has 80 heavy (non-hydrogen) atoms. The molecule has 0 aromatic rings. The number of unbranched alkanes of at least 4 members (excludes halogenated alkanes) is 41. The third-order valence-electron chi connectivity index (χ3n) is 15.4. The van der Waals surface area contributed by atoms with Gasteiger partial charge in [0.2, 0.25) is 0 Å². The summed E-state index contributed by atoms with van der Waals surface area (Å²) in [6, 6.07) is 0. The van der Waals surface area contributed by atoms with Crippen LogP contribution in [0.2, 0.25) is 0 Å². The summed E-state index contributed by atoms with van der Waals surface area (Å²) in [5, 5.41) is 0. The first-order valence-electron chi connectivity index (χ1n) is 34.9. The molecule has 0 aliphatic heterocycles. The predicted octanol–water partition coefficient (Wildman–Crippen LogP) is 24.1. The number of rotatable bonds is 64. The molecule has 0 aliphatic carbocycles. The summed E-state index contributed by atoms with van der Waals surface area (Å²) < 4.78 is 16.9. The summed E-state index contributed by atoms with van der Waals surface area (Å²) in [6.45, 7) is 6.53. The smallest absolute Gasteiger partial charge is 0.306 e. The fourth-order valence-corrected chi connectivity index (χ4v) is 10.2. The summed E-state index contributed by atoms with van der Waals surface area (Å²) in [5.74, 6) is -0.912. The predicted molar refractivity (Wildman–Crippen MR) is 348 cm³/mol. The van der Waals surface area contributed by atoms with E-state index >= 15 is 0 Å². The van der Waals surface area contributed by atoms with Crippen molar-refractivity contribution in [3.8, 4) is 0 Å². The lowest BCUT2D eigenvalue weighted by molar-refractivity contribution is -0.167. The van der Waals surface area contributed by atoms with Gasteiger partial charge in [-0.05, 0) is 89.9 Å². The van der Waals surface area contributed by atoms with E-state index in [1.165, 1.54) is 218 Å². The Morgan fingerprint density at radius 3 is 0.787 bits per heavy atom. The zero-order valence-corrected chi connectivity index (χ0v) is 53.3. The molecule has 0 N–H and O–H groups in total. The van der Waals surface area contributed by atoms with E-state index in [2.05, 4.69) is 93.7 Å². The van der Waals surface area contributed by atoms with Crippen LogP contribution in [0.5, 0.6) is 0 Å². The number of carbonyl (C=O) groups excluding carboxylic acids is 3. The van der Waals surface area contributed by atoms with Crippen LogP contribution < -0.4 is 0 Å². The molecule has 6 nitrogen and oxygen atoms in total. The number of esters is 3. The van der Waals surface area contributed by atoms with Crippen molar-refractivity contribution >= 4 is 17.9 Å². The van der Waals surface area contributed by atoms with Gasteiger partial charge in [-0.15, -0.1) is 0 Å². The van der Waals surface area contributed by atoms with Gasteiger partial charge in [0, 0.05) is 19.3 Å². The van der Waals surface area contributed by atoms with Gasteiger partial charge in [-0.25, -0.2) is 0 Å². The number of ether oxygens (including phenoxy) is 3. The molecule has 0 saturated heterocycles. The fraction of sp³-hybridized carbons (Fsp3) is 0.797. The van der Waals surface area contributed by atoms with Crippen LogP contribution in [-0.2, 0) is 28.6 Å². The molecule has 0 radical (unpaired) electrons. The maximum atomic E-state index is 12.9. The number of carbonyl (C=O) groups is 3. The lowest BCUT2D eigenvalue weighted by Crippen LogP contribution is -2.30. The highest BCUT2D eigenvalue weighted by molar-refractivity contribution is 5.71. The topological polar surface area (TPSA) is 78.9 Å². The minimum absolute atomic E-state index is 0.0885. The first-order chi connectivity index (χ1) is 39.5. The molecule has 464 valence electrons. The molecule has 0 spiro atoms. The Bertz CT molecular complexity index is 1470. The molecular weight excluding hydrogens is 985 g/mol. The van der Waals surface area contributed by atoms with E-state index in [1.807, 2.05) is 0 Å². The molecule has 0 heterocycles. The summed E-state index contributed by atoms with van der Waals surface area (Å²) >= 11 is 0. The SMILES string of the molecule is CC/C=C\C/C=C\C/C=C\C/C=C\C/C=C\CCCCCC(=O)OC(COC(=O)CCCCCCC/C=C\CCCCCCC)COC(=O)CCCCCCCCCCCCCCCCCCCCCCCCCCCCCCC. The van der Waals surface area contributed by atoms with Crippen LogP contribution >= 0.6 is 0 Å². The van der Waals surface area contributed by atoms with Crippen molar-refractivity contribution in [2.45, 2.75) is 367 Å². The second kappa shape index (κ2) is 68.3. The molecule has 0 amide bonds. The minimum atomic E-state index is -0.797. The number of allylic oxidation sites excluding steroid dienone is 12. The molecule has 1 atom stereocenters. The van der Waals surface area contributed by atoms with E-state index < -0.39 is 6.10 Å². The standard InChI is InChI=1S/C74H132O6/c1-4-7-10-13-16-19-22-25-28-30-32-33-34-35-36-37-38-39-40-41-43-44-46-49-52-55-58-61-64-67-73(76)79-70-71(69-78-72(75)66-63-60-57-54-51-48-27-24-21-18-15-12-9-6-3)80-74(77)68-65-62-59-56-53-50-47-45-42-31-29-26-23-20-17-14-11-8-5-2/h8,11,17,20,24,26-27,29,42,45,50,53,71H,4-7,9-10,12-16,18-19,21-23,25,28,30-41,43-44,46-49,51-52,54-70H2,1-3H3/b11-8-,20-17-,27-24-,29-26-,45-42-,53-50-. The van der Waals surface area contributed by atoms with E-state index in [9.17, 15) is 14.4 Å². The van der Waals surface area contributed by atoms with Gasteiger partial charge in [-0.1, -0.05) is 325 Å². The van der Waals surface area contributed by atoms with E-state index in [0.29, 0.717) is 19.3 Å². The lowest BCUT2D eigenvalue weighted by Gasteiger charge is -2.18. The maximum absolute atomic E-state index is 12.9. The zero-order chi connectivity index (χ0) is 57.8. The van der Waals surface area contributed by atoms with Crippen molar-refractivity contribution in [2.24, 2.45) is 0 Å². The van der Waals surface area contributed by atoms with Gasteiger partial charge in [0.05, 0.1) is 0 Å². The molecule has 0 aliphatic rings. The molecule has 1 unspecified atom stereocenters.